The molecule has 0 aliphatic heterocycles. The first-order valence-corrected chi connectivity index (χ1v) is 13.5. The van der Waals surface area contributed by atoms with Gasteiger partial charge in [-0.1, -0.05) is 63.2 Å². The molecule has 0 fully saturated rings. The molecule has 0 bridgehead atoms. The molecule has 4 rings (SSSR count). The molecule has 0 spiro atoms. The monoisotopic (exact) mass is 532 g/mol. The molecule has 39 heavy (non-hydrogen) atoms. The second-order valence-corrected chi connectivity index (χ2v) is 12.1. The van der Waals surface area contributed by atoms with Gasteiger partial charge >= 0.3 is 5.97 Å². The van der Waals surface area contributed by atoms with E-state index in [1.54, 1.807) is 0 Å². The van der Waals surface area contributed by atoms with Crippen LogP contribution in [0.1, 0.15) is 37.5 Å². The normalized spacial score (nSPS) is 16.1. The zero-order valence-corrected chi connectivity index (χ0v) is 23.5. The Labute approximate surface area is 230 Å². The fourth-order valence-electron chi connectivity index (χ4n) is 6.13. The number of carbonyl (C=O) groups is 3. The van der Waals surface area contributed by atoms with Crippen LogP contribution >= 0.6 is 0 Å². The second-order valence-electron chi connectivity index (χ2n) is 12.1. The summed E-state index contributed by atoms with van der Waals surface area (Å²) < 4.78 is 0. The number of carbonyl (C=O) groups excluding carboxylic acids is 2. The molecule has 2 amide bonds. The number of aromatic nitrogens is 1. The number of amides is 2. The highest BCUT2D eigenvalue weighted by Crippen LogP contribution is 2.49. The van der Waals surface area contributed by atoms with E-state index in [4.69, 9.17) is 0 Å². The fraction of sp³-hybridized carbons (Fsp3) is 0.452. The maximum Gasteiger partial charge on any atom is 0.308 e. The van der Waals surface area contributed by atoms with Gasteiger partial charge < -0.3 is 25.6 Å². The number of hydrogen-bond donors (Lipinski definition) is 4. The minimum atomic E-state index is -1.23. The van der Waals surface area contributed by atoms with Crippen LogP contribution in [0.25, 0.3) is 10.9 Å². The van der Waals surface area contributed by atoms with E-state index < -0.39 is 34.7 Å². The van der Waals surface area contributed by atoms with E-state index in [1.807, 2.05) is 94.5 Å². The number of likely N-dealkylation sites (N-methyl/N-ethyl adjacent to an activating group) is 1. The summed E-state index contributed by atoms with van der Waals surface area (Å²) in [6.45, 7) is 6.68. The van der Waals surface area contributed by atoms with E-state index in [0.717, 1.165) is 27.6 Å². The highest BCUT2D eigenvalue weighted by molar-refractivity contribution is 5.94. The first-order chi connectivity index (χ1) is 18.4. The van der Waals surface area contributed by atoms with E-state index >= 15 is 0 Å². The van der Waals surface area contributed by atoms with Gasteiger partial charge in [0.1, 0.15) is 6.04 Å². The summed E-state index contributed by atoms with van der Waals surface area (Å²) in [5.74, 6) is -2.64. The predicted octanol–water partition coefficient (Wildman–Crippen LogP) is 3.41. The Bertz CT molecular complexity index is 1330. The summed E-state index contributed by atoms with van der Waals surface area (Å²) in [4.78, 5) is 45.8. The van der Waals surface area contributed by atoms with Gasteiger partial charge in [0.15, 0.2) is 0 Å². The summed E-state index contributed by atoms with van der Waals surface area (Å²) in [5.41, 5.74) is 1.90. The molecule has 0 radical (unpaired) electrons. The Morgan fingerprint density at radius 1 is 1.03 bits per heavy atom. The Morgan fingerprint density at radius 3 is 2.23 bits per heavy atom. The molecular formula is C31H40N4O4. The number of aliphatic carboxylic acids is 1. The summed E-state index contributed by atoms with van der Waals surface area (Å²) in [5, 5.41) is 17.4. The van der Waals surface area contributed by atoms with Crippen LogP contribution < -0.4 is 10.6 Å². The average Bonchev–Trinajstić information content (AvgIpc) is 3.44. The molecule has 4 N–H and O–H groups in total. The summed E-state index contributed by atoms with van der Waals surface area (Å²) in [7, 11) is 3.86. The predicted molar refractivity (Wildman–Crippen MR) is 152 cm³/mol. The first kappa shape index (κ1) is 28.4. The van der Waals surface area contributed by atoms with Crippen LogP contribution in [0.3, 0.4) is 0 Å². The van der Waals surface area contributed by atoms with E-state index in [-0.39, 0.29) is 12.3 Å². The molecule has 8 nitrogen and oxygen atoms in total. The van der Waals surface area contributed by atoms with Crippen LogP contribution in [-0.2, 0) is 33.6 Å². The molecule has 1 heterocycles. The third-order valence-electron chi connectivity index (χ3n) is 7.83. The number of rotatable bonds is 10. The lowest BCUT2D eigenvalue weighted by atomic mass is 9.61. The van der Waals surface area contributed by atoms with Gasteiger partial charge in [-0.25, -0.2) is 0 Å². The number of H-pyrrole nitrogens is 1. The molecular weight excluding hydrogens is 492 g/mol. The van der Waals surface area contributed by atoms with Crippen LogP contribution in [0.4, 0.5) is 0 Å². The van der Waals surface area contributed by atoms with Gasteiger partial charge in [0.25, 0.3) is 0 Å². The third-order valence-corrected chi connectivity index (χ3v) is 7.83. The smallest absolute Gasteiger partial charge is 0.308 e. The minimum Gasteiger partial charge on any atom is -0.481 e. The molecule has 8 heteroatoms. The number of fused-ring (bicyclic) bond motifs is 2. The number of aromatic amines is 1. The van der Waals surface area contributed by atoms with Gasteiger partial charge in [-0.3, -0.25) is 14.4 Å². The van der Waals surface area contributed by atoms with Crippen LogP contribution in [-0.4, -0.2) is 66.0 Å². The number of benzene rings is 2. The van der Waals surface area contributed by atoms with Crippen LogP contribution in [0.5, 0.6) is 0 Å². The van der Waals surface area contributed by atoms with Crippen molar-refractivity contribution in [1.29, 1.82) is 0 Å². The standard InChI is InChI=1S/C31H40N4O4/c1-30(2,3)26(28(37)38)31(17-20-10-6-7-11-21(20)18-31)29(39)34-25(27(36)32-14-15-35(4)5)16-22-19-33-24-13-9-8-12-23(22)24/h6-13,19,25-26,33H,14-18H2,1-5H3,(H,32,36)(H,34,39)(H,37,38)/t25-,26?/m0/s1. The Hall–Kier alpha value is -3.65. The lowest BCUT2D eigenvalue weighted by molar-refractivity contribution is -0.159. The average molecular weight is 533 g/mol. The van der Waals surface area contributed by atoms with Crippen molar-refractivity contribution in [3.63, 3.8) is 0 Å². The molecule has 1 aromatic heterocycles. The van der Waals surface area contributed by atoms with E-state index in [1.165, 1.54) is 0 Å². The van der Waals surface area contributed by atoms with Gasteiger partial charge in [-0.15, -0.1) is 0 Å². The molecule has 2 atom stereocenters. The number of nitrogens with zero attached hydrogens (tertiary/aromatic N) is 1. The number of carboxylic acids is 1. The minimum absolute atomic E-state index is 0.278. The van der Waals surface area contributed by atoms with Crippen molar-refractivity contribution >= 4 is 28.7 Å². The van der Waals surface area contributed by atoms with Gasteiger partial charge in [-0.05, 0) is 55.1 Å². The van der Waals surface area contributed by atoms with Crippen molar-refractivity contribution in [1.82, 2.24) is 20.5 Å². The Morgan fingerprint density at radius 2 is 1.64 bits per heavy atom. The van der Waals surface area contributed by atoms with Crippen molar-refractivity contribution in [2.75, 3.05) is 27.2 Å². The summed E-state index contributed by atoms with van der Waals surface area (Å²) in [6, 6.07) is 14.7. The molecule has 1 aliphatic carbocycles. The van der Waals surface area contributed by atoms with Crippen molar-refractivity contribution in [3.05, 3.63) is 71.4 Å². The lowest BCUT2D eigenvalue weighted by Crippen LogP contribution is -2.58. The Balaban J connectivity index is 1.69. The number of para-hydroxylation sites is 1. The van der Waals surface area contributed by atoms with Gasteiger partial charge in [0.05, 0.1) is 11.3 Å². The summed E-state index contributed by atoms with van der Waals surface area (Å²) in [6.07, 6.45) is 2.77. The number of carboxylic acid groups (broad SMARTS) is 1. The van der Waals surface area contributed by atoms with Crippen molar-refractivity contribution in [3.8, 4) is 0 Å². The first-order valence-electron chi connectivity index (χ1n) is 13.5. The maximum absolute atomic E-state index is 14.3. The van der Waals surface area contributed by atoms with Crippen molar-refractivity contribution in [2.24, 2.45) is 16.7 Å². The van der Waals surface area contributed by atoms with Gasteiger partial charge in [0, 0.05) is 36.6 Å². The highest BCUT2D eigenvalue weighted by Gasteiger charge is 2.57. The maximum atomic E-state index is 14.3. The quantitative estimate of drug-likeness (QED) is 0.320. The second kappa shape index (κ2) is 11.2. The van der Waals surface area contributed by atoms with E-state index in [2.05, 4.69) is 15.6 Å². The zero-order valence-electron chi connectivity index (χ0n) is 23.5. The molecule has 208 valence electrons. The molecule has 0 saturated heterocycles. The topological polar surface area (TPSA) is 115 Å². The highest BCUT2D eigenvalue weighted by atomic mass is 16.4. The molecule has 2 aromatic carbocycles. The SMILES string of the molecule is CN(C)CCNC(=O)[C@H](Cc1c[nH]c2ccccc12)NC(=O)C1(C(C(=O)O)C(C)(C)C)Cc2ccccc2C1. The molecule has 0 saturated carbocycles. The zero-order chi connectivity index (χ0) is 28.4. The molecule has 1 unspecified atom stereocenters. The third kappa shape index (κ3) is 6.01. The van der Waals surface area contributed by atoms with Gasteiger partial charge in [-0.2, -0.15) is 0 Å². The van der Waals surface area contributed by atoms with Gasteiger partial charge in [0.2, 0.25) is 11.8 Å². The summed E-state index contributed by atoms with van der Waals surface area (Å²) >= 11 is 0. The molecule has 3 aromatic rings. The lowest BCUT2D eigenvalue weighted by Gasteiger charge is -2.41. The largest absolute Gasteiger partial charge is 0.481 e. The van der Waals surface area contributed by atoms with E-state index in [9.17, 15) is 19.5 Å². The van der Waals surface area contributed by atoms with Crippen LogP contribution in [0.15, 0.2) is 54.7 Å². The molecule has 1 aliphatic rings. The van der Waals surface area contributed by atoms with Crippen LogP contribution in [0.2, 0.25) is 0 Å². The fourth-order valence-corrected chi connectivity index (χ4v) is 6.13. The number of nitrogens with one attached hydrogen (secondary N) is 3. The van der Waals surface area contributed by atoms with E-state index in [0.29, 0.717) is 25.9 Å². The van der Waals surface area contributed by atoms with Crippen molar-refractivity contribution in [2.45, 2.75) is 46.1 Å². The van der Waals surface area contributed by atoms with Crippen molar-refractivity contribution < 1.29 is 19.5 Å². The Kier molecular flexibility index (Phi) is 8.16. The number of hydrogen-bond acceptors (Lipinski definition) is 4. The van der Waals surface area contributed by atoms with Crippen LogP contribution in [0, 0.1) is 16.7 Å².